The van der Waals surface area contributed by atoms with Crippen LogP contribution in [0.2, 0.25) is 5.02 Å². The van der Waals surface area contributed by atoms with Crippen LogP contribution < -0.4 is 9.47 Å². The largest absolute Gasteiger partial charge is 0.493 e. The molecule has 0 heterocycles. The van der Waals surface area contributed by atoms with E-state index in [1.165, 1.54) is 0 Å². The Morgan fingerprint density at radius 2 is 2.00 bits per heavy atom. The Bertz CT molecular complexity index is 389. The lowest BCUT2D eigenvalue weighted by atomic mass is 10.0. The van der Waals surface area contributed by atoms with E-state index in [1.807, 2.05) is 13.0 Å². The van der Waals surface area contributed by atoms with Gasteiger partial charge in [-0.25, -0.2) is 0 Å². The Labute approximate surface area is 107 Å². The fourth-order valence-electron chi connectivity index (χ4n) is 1.84. The van der Waals surface area contributed by atoms with Gasteiger partial charge in [-0.3, -0.25) is 0 Å². The minimum atomic E-state index is -0.474. The first kappa shape index (κ1) is 14.1. The molecule has 0 aliphatic heterocycles. The van der Waals surface area contributed by atoms with Crippen molar-refractivity contribution in [2.24, 2.45) is 0 Å². The highest BCUT2D eigenvalue weighted by Crippen LogP contribution is 2.39. The van der Waals surface area contributed by atoms with Crippen LogP contribution in [0.15, 0.2) is 6.07 Å². The van der Waals surface area contributed by atoms with Gasteiger partial charge in [0.15, 0.2) is 11.5 Å². The summed E-state index contributed by atoms with van der Waals surface area (Å²) in [6, 6.07) is 1.88. The first-order chi connectivity index (χ1) is 8.04. The van der Waals surface area contributed by atoms with Crippen molar-refractivity contribution < 1.29 is 14.6 Å². The van der Waals surface area contributed by atoms with Gasteiger partial charge in [-0.15, -0.1) is 0 Å². The second kappa shape index (κ2) is 6.12. The molecule has 4 heteroatoms. The molecule has 0 saturated heterocycles. The highest BCUT2D eigenvalue weighted by Gasteiger charge is 2.18. The molecule has 0 aliphatic rings. The van der Waals surface area contributed by atoms with Crippen LogP contribution in [0.3, 0.4) is 0 Å². The van der Waals surface area contributed by atoms with Gasteiger partial charge >= 0.3 is 0 Å². The van der Waals surface area contributed by atoms with Crippen LogP contribution in [0, 0.1) is 0 Å². The number of aliphatic hydroxyl groups is 1. The lowest BCUT2D eigenvalue weighted by Gasteiger charge is -2.18. The van der Waals surface area contributed by atoms with E-state index in [2.05, 4.69) is 0 Å². The number of halogens is 1. The van der Waals surface area contributed by atoms with E-state index in [0.29, 0.717) is 22.9 Å². The minimum Gasteiger partial charge on any atom is -0.493 e. The molecule has 0 spiro atoms. The van der Waals surface area contributed by atoms with Crippen LogP contribution in [-0.4, -0.2) is 25.4 Å². The molecule has 1 aromatic carbocycles. The molecule has 0 radical (unpaired) electrons. The molecule has 0 saturated carbocycles. The molecule has 0 aromatic heterocycles. The quantitative estimate of drug-likeness (QED) is 0.883. The summed E-state index contributed by atoms with van der Waals surface area (Å²) in [5, 5.41) is 10.2. The average Bonchev–Trinajstić information content (AvgIpc) is 2.30. The number of hydrogen-bond donors (Lipinski definition) is 1. The van der Waals surface area contributed by atoms with Crippen molar-refractivity contribution in [2.45, 2.75) is 32.8 Å². The lowest BCUT2D eigenvalue weighted by molar-refractivity contribution is 0.194. The molecule has 17 heavy (non-hydrogen) atoms. The van der Waals surface area contributed by atoms with Crippen LogP contribution in [-0.2, 0) is 12.8 Å². The number of ether oxygens (including phenoxy) is 2. The second-order valence-electron chi connectivity index (χ2n) is 3.97. The molecule has 0 bridgehead atoms. The number of aryl methyl sites for hydroxylation is 1. The monoisotopic (exact) mass is 258 g/mol. The fourth-order valence-corrected chi connectivity index (χ4v) is 2.19. The summed E-state index contributed by atoms with van der Waals surface area (Å²) in [6.07, 6.45) is 0.788. The summed E-state index contributed by atoms with van der Waals surface area (Å²) in [7, 11) is 3.17. The summed E-state index contributed by atoms with van der Waals surface area (Å²) < 4.78 is 10.6. The van der Waals surface area contributed by atoms with E-state index in [1.54, 1.807) is 21.1 Å². The summed E-state index contributed by atoms with van der Waals surface area (Å²) in [6.45, 7) is 3.75. The molecule has 3 nitrogen and oxygen atoms in total. The maximum atomic E-state index is 9.52. The van der Waals surface area contributed by atoms with Gasteiger partial charge in [0.05, 0.1) is 25.3 Å². The molecule has 1 N–H and O–H groups in total. The number of benzene rings is 1. The molecule has 1 unspecified atom stereocenters. The summed E-state index contributed by atoms with van der Waals surface area (Å²) in [5.41, 5.74) is 1.81. The minimum absolute atomic E-state index is 0.451. The van der Waals surface area contributed by atoms with E-state index in [-0.39, 0.29) is 0 Å². The standard InChI is InChI=1S/C13H19ClO3/c1-5-9-7-11(16-3)13(17-4)10(12(9)14)6-8(2)15/h7-8,15H,5-6H2,1-4H3. The van der Waals surface area contributed by atoms with Gasteiger partial charge in [-0.2, -0.15) is 0 Å². The van der Waals surface area contributed by atoms with E-state index >= 15 is 0 Å². The molecule has 96 valence electrons. The van der Waals surface area contributed by atoms with Gasteiger partial charge in [0.2, 0.25) is 0 Å². The average molecular weight is 259 g/mol. The Morgan fingerprint density at radius 3 is 2.41 bits per heavy atom. The molecular formula is C13H19ClO3. The predicted octanol–water partition coefficient (Wildman–Crippen LogP) is 2.84. The third-order valence-electron chi connectivity index (χ3n) is 2.65. The van der Waals surface area contributed by atoms with Crippen molar-refractivity contribution in [3.8, 4) is 11.5 Å². The zero-order valence-corrected chi connectivity index (χ0v) is 11.5. The van der Waals surface area contributed by atoms with E-state index in [0.717, 1.165) is 17.5 Å². The van der Waals surface area contributed by atoms with Crippen molar-refractivity contribution in [1.82, 2.24) is 0 Å². The van der Waals surface area contributed by atoms with Crippen LogP contribution >= 0.6 is 11.6 Å². The highest BCUT2D eigenvalue weighted by molar-refractivity contribution is 6.32. The van der Waals surface area contributed by atoms with Gasteiger partial charge < -0.3 is 14.6 Å². The highest BCUT2D eigenvalue weighted by atomic mass is 35.5. The molecule has 1 rings (SSSR count). The van der Waals surface area contributed by atoms with Crippen molar-refractivity contribution in [2.75, 3.05) is 14.2 Å². The molecular weight excluding hydrogens is 240 g/mol. The summed E-state index contributed by atoms with van der Waals surface area (Å²) in [5.74, 6) is 1.26. The molecule has 1 aromatic rings. The maximum Gasteiger partial charge on any atom is 0.165 e. The van der Waals surface area contributed by atoms with Crippen molar-refractivity contribution in [3.05, 3.63) is 22.2 Å². The number of aliphatic hydroxyl groups excluding tert-OH is 1. The van der Waals surface area contributed by atoms with Gasteiger partial charge in [0.25, 0.3) is 0 Å². The van der Waals surface area contributed by atoms with Gasteiger partial charge in [-0.05, 0) is 25.0 Å². The zero-order valence-electron chi connectivity index (χ0n) is 10.7. The molecule has 0 aliphatic carbocycles. The summed E-state index contributed by atoms with van der Waals surface area (Å²) in [4.78, 5) is 0. The predicted molar refractivity (Wildman–Crippen MR) is 69.3 cm³/mol. The zero-order chi connectivity index (χ0) is 13.0. The smallest absolute Gasteiger partial charge is 0.165 e. The van der Waals surface area contributed by atoms with Crippen molar-refractivity contribution >= 4 is 11.6 Å². The van der Waals surface area contributed by atoms with Crippen LogP contribution in [0.1, 0.15) is 25.0 Å². The van der Waals surface area contributed by atoms with Gasteiger partial charge in [-0.1, -0.05) is 18.5 Å². The number of methoxy groups -OCH3 is 2. The number of hydrogen-bond acceptors (Lipinski definition) is 3. The third-order valence-corrected chi connectivity index (χ3v) is 3.13. The third kappa shape index (κ3) is 3.05. The maximum absolute atomic E-state index is 9.52. The normalized spacial score (nSPS) is 12.4. The lowest BCUT2D eigenvalue weighted by Crippen LogP contribution is -2.08. The van der Waals surface area contributed by atoms with Crippen LogP contribution in [0.5, 0.6) is 11.5 Å². The Morgan fingerprint density at radius 1 is 1.35 bits per heavy atom. The summed E-state index contributed by atoms with van der Waals surface area (Å²) >= 11 is 6.32. The second-order valence-corrected chi connectivity index (χ2v) is 4.35. The van der Waals surface area contributed by atoms with Crippen molar-refractivity contribution in [3.63, 3.8) is 0 Å². The van der Waals surface area contributed by atoms with Crippen molar-refractivity contribution in [1.29, 1.82) is 0 Å². The van der Waals surface area contributed by atoms with Crippen LogP contribution in [0.25, 0.3) is 0 Å². The molecule has 0 fully saturated rings. The van der Waals surface area contributed by atoms with E-state index in [4.69, 9.17) is 21.1 Å². The van der Waals surface area contributed by atoms with E-state index in [9.17, 15) is 5.11 Å². The Kier molecular flexibility index (Phi) is 5.09. The van der Waals surface area contributed by atoms with E-state index < -0.39 is 6.10 Å². The first-order valence-corrected chi connectivity index (χ1v) is 6.03. The molecule has 1 atom stereocenters. The molecule has 0 amide bonds. The SMILES string of the molecule is CCc1cc(OC)c(OC)c(CC(C)O)c1Cl. The Balaban J connectivity index is 3.38. The number of rotatable bonds is 5. The Hall–Kier alpha value is -0.930. The van der Waals surface area contributed by atoms with Gasteiger partial charge in [0.1, 0.15) is 0 Å². The first-order valence-electron chi connectivity index (χ1n) is 5.65. The fraction of sp³-hybridized carbons (Fsp3) is 0.538. The topological polar surface area (TPSA) is 38.7 Å². The van der Waals surface area contributed by atoms with Gasteiger partial charge in [0, 0.05) is 12.0 Å². The van der Waals surface area contributed by atoms with Crippen LogP contribution in [0.4, 0.5) is 0 Å².